The third-order valence-electron chi connectivity index (χ3n) is 2.85. The predicted molar refractivity (Wildman–Crippen MR) is 77.2 cm³/mol. The maximum Gasteiger partial charge on any atom is 0.230 e. The van der Waals surface area contributed by atoms with E-state index in [0.717, 1.165) is 5.56 Å². The van der Waals surface area contributed by atoms with Gasteiger partial charge in [0.25, 0.3) is 0 Å². The smallest absolute Gasteiger partial charge is 0.230 e. The summed E-state index contributed by atoms with van der Waals surface area (Å²) in [5, 5.41) is 3.87. The highest BCUT2D eigenvalue weighted by atomic mass is 79.9. The molecule has 0 fully saturated rings. The van der Waals surface area contributed by atoms with Gasteiger partial charge in [0.1, 0.15) is 11.5 Å². The van der Waals surface area contributed by atoms with Gasteiger partial charge in [-0.2, -0.15) is 0 Å². The van der Waals surface area contributed by atoms with Crippen molar-refractivity contribution in [3.63, 3.8) is 0 Å². The largest absolute Gasteiger partial charge is 0.367 e. The molecule has 0 atom stereocenters. The van der Waals surface area contributed by atoms with E-state index in [2.05, 4.69) is 26.1 Å². The SMILES string of the molecule is Nc1onc(-c2ccc(Br)cc2F)c1-c1cccnc1. The Bertz CT molecular complexity index is 758. The van der Waals surface area contributed by atoms with E-state index in [4.69, 9.17) is 10.3 Å². The zero-order valence-corrected chi connectivity index (χ0v) is 11.8. The van der Waals surface area contributed by atoms with Crippen LogP contribution in [-0.2, 0) is 0 Å². The molecule has 2 aromatic heterocycles. The second-order valence-corrected chi connectivity index (χ2v) is 5.05. The molecule has 0 aliphatic carbocycles. The minimum atomic E-state index is -0.405. The van der Waals surface area contributed by atoms with Gasteiger partial charge in [0.15, 0.2) is 0 Å². The number of nitrogens with zero attached hydrogens (tertiary/aromatic N) is 2. The van der Waals surface area contributed by atoms with Gasteiger partial charge in [-0.3, -0.25) is 4.98 Å². The van der Waals surface area contributed by atoms with Crippen LogP contribution in [0.15, 0.2) is 51.7 Å². The molecule has 6 heteroatoms. The van der Waals surface area contributed by atoms with Crippen molar-refractivity contribution in [3.8, 4) is 22.4 Å². The summed E-state index contributed by atoms with van der Waals surface area (Å²) >= 11 is 3.22. The fourth-order valence-electron chi connectivity index (χ4n) is 1.96. The minimum absolute atomic E-state index is 0.135. The number of halogens is 2. The van der Waals surface area contributed by atoms with E-state index in [1.807, 2.05) is 6.07 Å². The van der Waals surface area contributed by atoms with E-state index in [-0.39, 0.29) is 5.88 Å². The van der Waals surface area contributed by atoms with Crippen molar-refractivity contribution >= 4 is 21.8 Å². The standard InChI is InChI=1S/C14H9BrFN3O/c15-9-3-4-10(11(16)6-9)13-12(14(17)20-19-13)8-2-1-5-18-7-8/h1-7H,17H2. The van der Waals surface area contributed by atoms with E-state index in [1.54, 1.807) is 30.6 Å². The van der Waals surface area contributed by atoms with Crippen LogP contribution in [0.3, 0.4) is 0 Å². The van der Waals surface area contributed by atoms with Gasteiger partial charge in [-0.05, 0) is 24.3 Å². The molecule has 0 aliphatic rings. The summed E-state index contributed by atoms with van der Waals surface area (Å²) in [6, 6.07) is 8.31. The number of nitrogen functional groups attached to an aromatic ring is 1. The molecule has 4 nitrogen and oxygen atoms in total. The van der Waals surface area contributed by atoms with Crippen molar-refractivity contribution in [3.05, 3.63) is 53.0 Å². The second-order valence-electron chi connectivity index (χ2n) is 4.14. The number of nitrogens with two attached hydrogens (primary N) is 1. The topological polar surface area (TPSA) is 64.9 Å². The van der Waals surface area contributed by atoms with Crippen LogP contribution in [0.2, 0.25) is 0 Å². The van der Waals surface area contributed by atoms with Crippen LogP contribution in [0, 0.1) is 5.82 Å². The number of rotatable bonds is 2. The van der Waals surface area contributed by atoms with Crippen LogP contribution < -0.4 is 5.73 Å². The first kappa shape index (κ1) is 12.8. The Balaban J connectivity index is 2.21. The molecule has 0 amide bonds. The molecule has 1 aromatic carbocycles. The van der Waals surface area contributed by atoms with E-state index in [1.165, 1.54) is 6.07 Å². The van der Waals surface area contributed by atoms with Gasteiger partial charge >= 0.3 is 0 Å². The lowest BCUT2D eigenvalue weighted by atomic mass is 10.0. The number of hydrogen-bond acceptors (Lipinski definition) is 4. The number of aromatic nitrogens is 2. The van der Waals surface area contributed by atoms with E-state index in [0.29, 0.717) is 21.3 Å². The van der Waals surface area contributed by atoms with Crippen LogP contribution in [-0.4, -0.2) is 10.1 Å². The summed E-state index contributed by atoms with van der Waals surface area (Å²) in [5.41, 5.74) is 7.76. The summed E-state index contributed by atoms with van der Waals surface area (Å²) in [4.78, 5) is 4.03. The van der Waals surface area contributed by atoms with E-state index in [9.17, 15) is 4.39 Å². The maximum absolute atomic E-state index is 14.1. The van der Waals surface area contributed by atoms with Gasteiger partial charge in [0.2, 0.25) is 5.88 Å². The van der Waals surface area contributed by atoms with Crippen LogP contribution in [0.1, 0.15) is 0 Å². The summed E-state index contributed by atoms with van der Waals surface area (Å²) in [6.07, 6.45) is 3.27. The molecule has 0 saturated heterocycles. The van der Waals surface area contributed by atoms with Crippen molar-refractivity contribution in [2.45, 2.75) is 0 Å². The predicted octanol–water partition coefficient (Wildman–Crippen LogP) is 3.89. The van der Waals surface area contributed by atoms with Gasteiger partial charge in [0.05, 0.1) is 5.56 Å². The highest BCUT2D eigenvalue weighted by molar-refractivity contribution is 9.10. The highest BCUT2D eigenvalue weighted by Crippen LogP contribution is 2.37. The fourth-order valence-corrected chi connectivity index (χ4v) is 2.29. The third-order valence-corrected chi connectivity index (χ3v) is 3.35. The zero-order valence-electron chi connectivity index (χ0n) is 10.2. The van der Waals surface area contributed by atoms with Gasteiger partial charge in [-0.1, -0.05) is 27.2 Å². The minimum Gasteiger partial charge on any atom is -0.367 e. The molecule has 20 heavy (non-hydrogen) atoms. The number of benzene rings is 1. The molecule has 100 valence electrons. The second kappa shape index (κ2) is 5.05. The molecule has 3 rings (SSSR count). The first-order chi connectivity index (χ1) is 9.66. The van der Waals surface area contributed by atoms with Crippen molar-refractivity contribution in [2.24, 2.45) is 0 Å². The molecule has 0 spiro atoms. The van der Waals surface area contributed by atoms with Gasteiger partial charge < -0.3 is 10.3 Å². The zero-order chi connectivity index (χ0) is 14.1. The molecule has 0 saturated carbocycles. The number of hydrogen-bond donors (Lipinski definition) is 1. The van der Waals surface area contributed by atoms with Crippen molar-refractivity contribution in [1.29, 1.82) is 0 Å². The molecule has 2 N–H and O–H groups in total. The summed E-state index contributed by atoms with van der Waals surface area (Å²) in [5.74, 6) is -0.270. The lowest BCUT2D eigenvalue weighted by molar-refractivity contribution is 0.439. The normalized spacial score (nSPS) is 10.7. The summed E-state index contributed by atoms with van der Waals surface area (Å²) < 4.78 is 19.7. The van der Waals surface area contributed by atoms with Gasteiger partial charge in [-0.25, -0.2) is 4.39 Å². The molecule has 0 aliphatic heterocycles. The van der Waals surface area contributed by atoms with Crippen LogP contribution in [0.5, 0.6) is 0 Å². The molecule has 2 heterocycles. The first-order valence-electron chi connectivity index (χ1n) is 5.78. The molecule has 0 radical (unpaired) electrons. The Morgan fingerprint density at radius 1 is 1.25 bits per heavy atom. The molecule has 0 bridgehead atoms. The quantitative estimate of drug-likeness (QED) is 0.772. The molecule has 3 aromatic rings. The van der Waals surface area contributed by atoms with Crippen LogP contribution in [0.25, 0.3) is 22.4 Å². The number of pyridine rings is 1. The molecule has 0 unspecified atom stereocenters. The lowest BCUT2D eigenvalue weighted by Gasteiger charge is -2.04. The highest BCUT2D eigenvalue weighted by Gasteiger charge is 2.20. The monoisotopic (exact) mass is 333 g/mol. The Hall–Kier alpha value is -2.21. The Morgan fingerprint density at radius 2 is 2.10 bits per heavy atom. The summed E-state index contributed by atoms with van der Waals surface area (Å²) in [6.45, 7) is 0. The Kier molecular flexibility index (Phi) is 3.23. The first-order valence-corrected chi connectivity index (χ1v) is 6.57. The van der Waals surface area contributed by atoms with Crippen LogP contribution in [0.4, 0.5) is 10.3 Å². The average Bonchev–Trinajstić information content (AvgIpc) is 2.81. The van der Waals surface area contributed by atoms with Crippen molar-refractivity contribution in [1.82, 2.24) is 10.1 Å². The average molecular weight is 334 g/mol. The Morgan fingerprint density at radius 3 is 2.80 bits per heavy atom. The van der Waals surface area contributed by atoms with Crippen molar-refractivity contribution in [2.75, 3.05) is 5.73 Å². The third kappa shape index (κ3) is 2.18. The van der Waals surface area contributed by atoms with E-state index < -0.39 is 5.82 Å². The van der Waals surface area contributed by atoms with Gasteiger partial charge in [-0.15, -0.1) is 0 Å². The molecular weight excluding hydrogens is 325 g/mol. The molecular formula is C14H9BrFN3O. The number of anilines is 1. The van der Waals surface area contributed by atoms with E-state index >= 15 is 0 Å². The van der Waals surface area contributed by atoms with Gasteiger partial charge in [0, 0.05) is 28.0 Å². The van der Waals surface area contributed by atoms with Crippen LogP contribution >= 0.6 is 15.9 Å². The summed E-state index contributed by atoms with van der Waals surface area (Å²) in [7, 11) is 0. The maximum atomic E-state index is 14.1. The van der Waals surface area contributed by atoms with Crippen molar-refractivity contribution < 1.29 is 8.91 Å². The fraction of sp³-hybridized carbons (Fsp3) is 0. The Labute approximate surface area is 122 Å². The lowest BCUT2D eigenvalue weighted by Crippen LogP contribution is -1.90.